The van der Waals surface area contributed by atoms with Gasteiger partial charge in [-0.2, -0.15) is 0 Å². The smallest absolute Gasteiger partial charge is 0.338 e. The lowest BCUT2D eigenvalue weighted by Gasteiger charge is -2.28. The number of ether oxygens (including phenoxy) is 4. The van der Waals surface area contributed by atoms with E-state index in [-0.39, 0.29) is 37.4 Å². The molecule has 6 rings (SSSR count). The predicted octanol–water partition coefficient (Wildman–Crippen LogP) is 11.7. The summed E-state index contributed by atoms with van der Waals surface area (Å²) in [6.07, 6.45) is 26.3. The number of benzene rings is 4. The quantitative estimate of drug-likeness (QED) is 0.0145. The maximum Gasteiger partial charge on any atom is 0.338 e. The van der Waals surface area contributed by atoms with Crippen molar-refractivity contribution in [1.29, 1.82) is 0 Å². The Morgan fingerprint density at radius 1 is 0.557 bits per heavy atom. The summed E-state index contributed by atoms with van der Waals surface area (Å²) in [5, 5.41) is 0. The number of carbonyl (C=O) groups is 4. The van der Waals surface area contributed by atoms with Crippen LogP contribution in [0.5, 0.6) is 0 Å². The van der Waals surface area contributed by atoms with Crippen molar-refractivity contribution in [3.05, 3.63) is 143 Å². The SMILES string of the molecule is C=CC1CCC(OC(=O)c2ccc(/C=C/C(=O)OCCc3cc(N)ccc3N)cc2)CC1.CCCCCCCCC1CCC(OC(=O)c2ccc(/C=C/C(=O)OCCc3cc(N)ccc3N)cc2)CC1. The highest BCUT2D eigenvalue weighted by molar-refractivity contribution is 5.91. The van der Waals surface area contributed by atoms with E-state index in [1.807, 2.05) is 6.08 Å². The molecule has 2 fully saturated rings. The van der Waals surface area contributed by atoms with Crippen molar-refractivity contribution in [2.24, 2.45) is 11.8 Å². The predicted molar refractivity (Wildman–Crippen MR) is 281 cm³/mol. The van der Waals surface area contributed by atoms with E-state index in [4.69, 9.17) is 41.9 Å². The van der Waals surface area contributed by atoms with Crippen LogP contribution in [-0.2, 0) is 41.4 Å². The van der Waals surface area contributed by atoms with Gasteiger partial charge in [-0.05, 0) is 158 Å². The van der Waals surface area contributed by atoms with Crippen LogP contribution >= 0.6 is 0 Å². The van der Waals surface area contributed by atoms with Gasteiger partial charge in [-0.15, -0.1) is 6.58 Å². The van der Waals surface area contributed by atoms with E-state index in [1.165, 1.54) is 57.1 Å². The molecule has 0 aromatic heterocycles. The minimum Gasteiger partial charge on any atom is -0.462 e. The highest BCUT2D eigenvalue weighted by Crippen LogP contribution is 2.31. The fraction of sp³-hybridized carbons (Fsp3) is 0.414. The molecule has 4 aromatic rings. The van der Waals surface area contributed by atoms with Crippen molar-refractivity contribution >= 4 is 58.8 Å². The third-order valence-electron chi connectivity index (χ3n) is 13.0. The second-order valence-corrected chi connectivity index (χ2v) is 18.4. The molecule has 4 aromatic carbocycles. The summed E-state index contributed by atoms with van der Waals surface area (Å²) < 4.78 is 21.9. The summed E-state index contributed by atoms with van der Waals surface area (Å²) >= 11 is 0. The molecule has 0 atom stereocenters. The summed E-state index contributed by atoms with van der Waals surface area (Å²) in [6.45, 7) is 6.50. The minimum atomic E-state index is -0.453. The normalized spacial score (nSPS) is 17.8. The average Bonchev–Trinajstić information content (AvgIpc) is 3.37. The molecule has 2 aliphatic carbocycles. The Hall–Kier alpha value is -6.82. The lowest BCUT2D eigenvalue weighted by atomic mass is 9.84. The van der Waals surface area contributed by atoms with E-state index >= 15 is 0 Å². The Labute approximate surface area is 414 Å². The van der Waals surface area contributed by atoms with Gasteiger partial charge < -0.3 is 41.9 Å². The zero-order valence-electron chi connectivity index (χ0n) is 41.0. The zero-order valence-corrected chi connectivity index (χ0v) is 41.0. The fourth-order valence-electron chi connectivity index (χ4n) is 8.73. The van der Waals surface area contributed by atoms with E-state index in [1.54, 1.807) is 97.1 Å². The van der Waals surface area contributed by atoms with E-state index in [9.17, 15) is 19.2 Å². The third-order valence-corrected chi connectivity index (χ3v) is 13.0. The Bertz CT molecular complexity index is 2340. The molecule has 0 amide bonds. The van der Waals surface area contributed by atoms with Gasteiger partial charge in [0.05, 0.1) is 24.3 Å². The first kappa shape index (κ1) is 54.1. The number of hydrogen-bond donors (Lipinski definition) is 4. The van der Waals surface area contributed by atoms with E-state index < -0.39 is 11.9 Å². The Balaban J connectivity index is 0.000000265. The summed E-state index contributed by atoms with van der Waals surface area (Å²) in [5.74, 6) is -0.181. The van der Waals surface area contributed by atoms with E-state index in [0.717, 1.165) is 79.5 Å². The second kappa shape index (κ2) is 29.3. The van der Waals surface area contributed by atoms with Crippen LogP contribution in [0.2, 0.25) is 0 Å². The maximum atomic E-state index is 12.6. The molecule has 0 radical (unpaired) electrons. The lowest BCUT2D eigenvalue weighted by molar-refractivity contribution is -0.138. The van der Waals surface area contributed by atoms with Crippen LogP contribution in [-0.4, -0.2) is 49.3 Å². The molecular formula is C58H74N4O8. The number of carbonyl (C=O) groups excluding carboxylic acids is 4. The highest BCUT2D eigenvalue weighted by Gasteiger charge is 2.25. The topological polar surface area (TPSA) is 209 Å². The largest absolute Gasteiger partial charge is 0.462 e. The van der Waals surface area contributed by atoms with Gasteiger partial charge in [0, 0.05) is 47.7 Å². The van der Waals surface area contributed by atoms with Crippen LogP contribution in [0.1, 0.15) is 146 Å². The number of nitrogen functional groups attached to an aromatic ring is 4. The second-order valence-electron chi connectivity index (χ2n) is 18.4. The first-order valence-electron chi connectivity index (χ1n) is 25.1. The molecule has 2 saturated carbocycles. The fourth-order valence-corrected chi connectivity index (χ4v) is 8.73. The van der Waals surface area contributed by atoms with Gasteiger partial charge in [-0.1, -0.05) is 82.2 Å². The summed E-state index contributed by atoms with van der Waals surface area (Å²) in [4.78, 5) is 49.0. The zero-order chi connectivity index (χ0) is 50.1. The molecule has 0 unspecified atom stereocenters. The molecule has 8 N–H and O–H groups in total. The number of esters is 4. The number of rotatable bonds is 22. The van der Waals surface area contributed by atoms with E-state index in [2.05, 4.69) is 13.5 Å². The number of anilines is 4. The van der Waals surface area contributed by atoms with Crippen LogP contribution in [0.15, 0.2) is 110 Å². The monoisotopic (exact) mass is 955 g/mol. The van der Waals surface area contributed by atoms with Crippen molar-refractivity contribution < 1.29 is 38.1 Å². The maximum absolute atomic E-state index is 12.6. The van der Waals surface area contributed by atoms with Crippen molar-refractivity contribution in [3.8, 4) is 0 Å². The molecule has 0 saturated heterocycles. The number of hydrogen-bond acceptors (Lipinski definition) is 12. The minimum absolute atomic E-state index is 0.0142. The highest BCUT2D eigenvalue weighted by atomic mass is 16.6. The Morgan fingerprint density at radius 3 is 1.43 bits per heavy atom. The molecule has 0 bridgehead atoms. The summed E-state index contributed by atoms with van der Waals surface area (Å²) in [7, 11) is 0. The summed E-state index contributed by atoms with van der Waals surface area (Å²) in [6, 6.07) is 24.5. The Morgan fingerprint density at radius 2 is 0.986 bits per heavy atom. The van der Waals surface area contributed by atoms with Gasteiger partial charge in [0.1, 0.15) is 12.2 Å². The number of allylic oxidation sites excluding steroid dienone is 1. The van der Waals surface area contributed by atoms with Gasteiger partial charge >= 0.3 is 23.9 Å². The van der Waals surface area contributed by atoms with Gasteiger partial charge in [0.15, 0.2) is 0 Å². The van der Waals surface area contributed by atoms with E-state index in [0.29, 0.717) is 52.6 Å². The molecule has 374 valence electrons. The van der Waals surface area contributed by atoms with Crippen molar-refractivity contribution in [2.75, 3.05) is 36.1 Å². The van der Waals surface area contributed by atoms with Crippen LogP contribution in [0.4, 0.5) is 22.7 Å². The molecule has 2 aliphatic rings. The van der Waals surface area contributed by atoms with Gasteiger partial charge in [0.25, 0.3) is 0 Å². The molecule has 0 spiro atoms. The number of unbranched alkanes of at least 4 members (excludes halogenated alkanes) is 5. The van der Waals surface area contributed by atoms with Gasteiger partial charge in [-0.25, -0.2) is 19.2 Å². The van der Waals surface area contributed by atoms with Crippen LogP contribution in [0.25, 0.3) is 12.2 Å². The van der Waals surface area contributed by atoms with Crippen molar-refractivity contribution in [3.63, 3.8) is 0 Å². The van der Waals surface area contributed by atoms with Crippen LogP contribution in [0, 0.1) is 11.8 Å². The van der Waals surface area contributed by atoms with Gasteiger partial charge in [-0.3, -0.25) is 0 Å². The van der Waals surface area contributed by atoms with Crippen molar-refractivity contribution in [1.82, 2.24) is 0 Å². The molecule has 12 heteroatoms. The third kappa shape index (κ3) is 19.3. The van der Waals surface area contributed by atoms with Crippen LogP contribution in [0.3, 0.4) is 0 Å². The molecule has 12 nitrogen and oxygen atoms in total. The molecule has 70 heavy (non-hydrogen) atoms. The van der Waals surface area contributed by atoms with Gasteiger partial charge in [0.2, 0.25) is 0 Å². The average molecular weight is 955 g/mol. The lowest BCUT2D eigenvalue weighted by Crippen LogP contribution is -2.24. The first-order chi connectivity index (χ1) is 33.9. The van der Waals surface area contributed by atoms with Crippen molar-refractivity contribution in [2.45, 2.75) is 128 Å². The summed E-state index contributed by atoms with van der Waals surface area (Å²) in [5.41, 5.74) is 30.1. The molecule has 0 aliphatic heterocycles. The van der Waals surface area contributed by atoms with Crippen LogP contribution < -0.4 is 22.9 Å². The first-order valence-corrected chi connectivity index (χ1v) is 25.1. The standard InChI is InChI=1S/C32H44N2O4.C26H30N2O4/c1-2-3-4-5-6-7-8-24-11-17-29(18-12-24)38-32(36)26-14-9-25(10-15-26)13-20-31(35)37-22-21-27-23-28(33)16-19-30(27)34;1-2-18-5-11-23(12-6-18)32-26(30)20-8-3-19(4-9-20)7-14-25(29)31-16-15-21-17-22(27)10-13-24(21)28/h9-10,13-16,19-20,23-24,29H,2-8,11-12,17-18,21-22,33-34H2,1H3;2-4,7-10,13-14,17-18,23H,1,5-6,11-12,15-16,27-28H2/b20-13+;14-7+. The molecular weight excluding hydrogens is 881 g/mol. The Kier molecular flexibility index (Phi) is 22.6. The number of nitrogens with two attached hydrogens (primary N) is 4. The molecule has 0 heterocycles.